The third kappa shape index (κ3) is 4.73. The fourth-order valence-electron chi connectivity index (χ4n) is 4.00. The summed E-state index contributed by atoms with van der Waals surface area (Å²) in [7, 11) is -3.51. The zero-order valence-corrected chi connectivity index (χ0v) is 19.1. The van der Waals surface area contributed by atoms with Crippen LogP contribution in [0.3, 0.4) is 0 Å². The Labute approximate surface area is 180 Å². The summed E-state index contributed by atoms with van der Waals surface area (Å²) in [5, 5.41) is 4.10. The summed E-state index contributed by atoms with van der Waals surface area (Å²) in [6.07, 6.45) is 6.86. The molecule has 158 valence electrons. The number of amides is 1. The van der Waals surface area contributed by atoms with Gasteiger partial charge in [0.25, 0.3) is 10.0 Å². The Morgan fingerprint density at radius 1 is 1.24 bits per heavy atom. The molecule has 4 rings (SSSR count). The molecule has 0 saturated carbocycles. The molecule has 1 atom stereocenters. The molecule has 3 heterocycles. The zero-order chi connectivity index (χ0) is 20.4. The maximum absolute atomic E-state index is 12.9. The van der Waals surface area contributed by atoms with Gasteiger partial charge in [-0.05, 0) is 57.6 Å². The number of sulfonamides is 1. The van der Waals surface area contributed by atoms with Gasteiger partial charge in [-0.3, -0.25) is 4.79 Å². The average Bonchev–Trinajstić information content (AvgIpc) is 3.34. The van der Waals surface area contributed by atoms with Gasteiger partial charge in [0.2, 0.25) is 5.91 Å². The molecule has 1 aliphatic carbocycles. The van der Waals surface area contributed by atoms with E-state index >= 15 is 0 Å². The van der Waals surface area contributed by atoms with Gasteiger partial charge in [-0.2, -0.15) is 4.31 Å². The quantitative estimate of drug-likeness (QED) is 0.729. The highest BCUT2D eigenvalue weighted by atomic mass is 32.2. The predicted molar refractivity (Wildman–Crippen MR) is 116 cm³/mol. The van der Waals surface area contributed by atoms with Crippen LogP contribution in [0.1, 0.15) is 46.1 Å². The molecule has 1 aliphatic heterocycles. The van der Waals surface area contributed by atoms with Crippen molar-refractivity contribution in [3.8, 4) is 0 Å². The highest BCUT2D eigenvalue weighted by Gasteiger charge is 2.33. The number of carbonyl (C=O) groups is 1. The Morgan fingerprint density at radius 2 is 2.07 bits per heavy atom. The lowest BCUT2D eigenvalue weighted by molar-refractivity contribution is -0.126. The highest BCUT2D eigenvalue weighted by Crippen LogP contribution is 2.29. The second-order valence-corrected chi connectivity index (χ2v) is 12.4. The number of fused-ring (bicyclic) bond motifs is 1. The lowest BCUT2D eigenvalue weighted by Crippen LogP contribution is -2.45. The van der Waals surface area contributed by atoms with Gasteiger partial charge in [0.05, 0.1) is 16.6 Å². The number of thiazole rings is 1. The zero-order valence-electron chi connectivity index (χ0n) is 16.6. The van der Waals surface area contributed by atoms with Gasteiger partial charge in [0.1, 0.15) is 4.21 Å². The minimum Gasteiger partial charge on any atom is -0.355 e. The van der Waals surface area contributed by atoms with Crippen LogP contribution >= 0.6 is 22.7 Å². The number of aryl methyl sites for hydroxylation is 3. The molecular weight excluding hydrogens is 426 g/mol. The maximum Gasteiger partial charge on any atom is 0.252 e. The van der Waals surface area contributed by atoms with E-state index in [-0.39, 0.29) is 18.4 Å². The number of carbonyl (C=O) groups excluding carboxylic acids is 1. The summed E-state index contributed by atoms with van der Waals surface area (Å²) in [5.74, 6) is -0.335. The number of rotatable bonds is 6. The first-order valence-electron chi connectivity index (χ1n) is 10.3. The van der Waals surface area contributed by atoms with Gasteiger partial charge in [0, 0.05) is 35.8 Å². The molecule has 0 spiro atoms. The van der Waals surface area contributed by atoms with E-state index in [0.29, 0.717) is 23.7 Å². The van der Waals surface area contributed by atoms with Crippen molar-refractivity contribution in [2.75, 3.05) is 19.6 Å². The van der Waals surface area contributed by atoms with Crippen LogP contribution in [-0.4, -0.2) is 43.2 Å². The molecule has 2 aromatic heterocycles. The molecule has 1 saturated heterocycles. The fraction of sp³-hybridized carbons (Fsp3) is 0.600. The van der Waals surface area contributed by atoms with E-state index in [1.54, 1.807) is 17.4 Å². The Balaban J connectivity index is 1.31. The van der Waals surface area contributed by atoms with Crippen LogP contribution in [0.2, 0.25) is 0 Å². The van der Waals surface area contributed by atoms with Crippen LogP contribution in [0.4, 0.5) is 0 Å². The normalized spacial score (nSPS) is 20.4. The summed E-state index contributed by atoms with van der Waals surface area (Å²) in [5.41, 5.74) is 1.25. The minimum absolute atomic E-state index is 0.0476. The van der Waals surface area contributed by atoms with Crippen molar-refractivity contribution >= 4 is 38.6 Å². The lowest BCUT2D eigenvalue weighted by Gasteiger charge is -2.30. The van der Waals surface area contributed by atoms with Crippen molar-refractivity contribution in [3.63, 3.8) is 0 Å². The van der Waals surface area contributed by atoms with Gasteiger partial charge in [-0.15, -0.1) is 22.7 Å². The standard InChI is InChI=1S/C20H27N3O3S3/c1-14-8-9-19(27-14)29(25,26)23-12-4-5-15(13-23)20(24)21-11-10-18-22-16-6-2-3-7-17(16)28-18/h8-9,15H,2-7,10-13H2,1H3,(H,21,24)/t15-/m1/s1. The van der Waals surface area contributed by atoms with Crippen molar-refractivity contribution in [3.05, 3.63) is 32.6 Å². The molecule has 0 aromatic carbocycles. The van der Waals surface area contributed by atoms with Gasteiger partial charge in [-0.25, -0.2) is 13.4 Å². The molecule has 29 heavy (non-hydrogen) atoms. The van der Waals surface area contributed by atoms with E-state index in [1.807, 2.05) is 13.0 Å². The van der Waals surface area contributed by atoms with Gasteiger partial charge >= 0.3 is 0 Å². The largest absolute Gasteiger partial charge is 0.355 e. The first-order chi connectivity index (χ1) is 13.9. The van der Waals surface area contributed by atoms with Crippen LogP contribution < -0.4 is 5.32 Å². The summed E-state index contributed by atoms with van der Waals surface area (Å²) < 4.78 is 27.6. The number of nitrogens with one attached hydrogen (secondary N) is 1. The predicted octanol–water partition coefficient (Wildman–Crippen LogP) is 3.15. The van der Waals surface area contributed by atoms with Crippen LogP contribution in [0.5, 0.6) is 0 Å². The van der Waals surface area contributed by atoms with Crippen molar-refractivity contribution in [1.82, 2.24) is 14.6 Å². The maximum atomic E-state index is 12.9. The van der Waals surface area contributed by atoms with E-state index < -0.39 is 10.0 Å². The highest BCUT2D eigenvalue weighted by molar-refractivity contribution is 7.91. The van der Waals surface area contributed by atoms with Crippen LogP contribution in [-0.2, 0) is 34.1 Å². The summed E-state index contributed by atoms with van der Waals surface area (Å²) in [6, 6.07) is 3.48. The molecule has 1 fully saturated rings. The first kappa shape index (κ1) is 21.0. The summed E-state index contributed by atoms with van der Waals surface area (Å²) in [6.45, 7) is 3.19. The third-order valence-corrected chi connectivity index (χ3v) is 10.1. The monoisotopic (exact) mass is 453 g/mol. The average molecular weight is 454 g/mol. The Morgan fingerprint density at radius 3 is 2.83 bits per heavy atom. The Kier molecular flexibility index (Phi) is 6.38. The SMILES string of the molecule is Cc1ccc(S(=O)(=O)N2CCC[C@@H](C(=O)NCCc3nc4c(s3)CCCC4)C2)s1. The number of nitrogens with zero attached hydrogens (tertiary/aromatic N) is 2. The molecule has 9 heteroatoms. The molecule has 1 amide bonds. The smallest absolute Gasteiger partial charge is 0.252 e. The van der Waals surface area contributed by atoms with Crippen LogP contribution in [0, 0.1) is 12.8 Å². The molecule has 6 nitrogen and oxygen atoms in total. The Hall–Kier alpha value is -1.29. The number of hydrogen-bond acceptors (Lipinski definition) is 6. The number of hydrogen-bond donors (Lipinski definition) is 1. The van der Waals surface area contributed by atoms with Gasteiger partial charge < -0.3 is 5.32 Å². The van der Waals surface area contributed by atoms with E-state index in [1.165, 1.54) is 39.1 Å². The van der Waals surface area contributed by atoms with Crippen LogP contribution in [0.25, 0.3) is 0 Å². The molecular formula is C20H27N3O3S3. The van der Waals surface area contributed by atoms with E-state index in [2.05, 4.69) is 5.32 Å². The second kappa shape index (κ2) is 8.83. The van der Waals surface area contributed by atoms with Gasteiger partial charge in [-0.1, -0.05) is 0 Å². The molecule has 1 N–H and O–H groups in total. The van der Waals surface area contributed by atoms with E-state index in [9.17, 15) is 13.2 Å². The van der Waals surface area contributed by atoms with Crippen molar-refractivity contribution in [1.29, 1.82) is 0 Å². The lowest BCUT2D eigenvalue weighted by atomic mass is 9.99. The first-order valence-corrected chi connectivity index (χ1v) is 13.3. The minimum atomic E-state index is -3.51. The number of thiophene rings is 1. The molecule has 0 bridgehead atoms. The van der Waals surface area contributed by atoms with E-state index in [4.69, 9.17) is 4.98 Å². The van der Waals surface area contributed by atoms with E-state index in [0.717, 1.165) is 35.6 Å². The third-order valence-electron chi connectivity index (χ3n) is 5.59. The molecule has 0 radical (unpaired) electrons. The van der Waals surface area contributed by atoms with Crippen molar-refractivity contribution in [2.45, 2.75) is 56.1 Å². The van der Waals surface area contributed by atoms with Gasteiger partial charge in [0.15, 0.2) is 0 Å². The fourth-order valence-corrected chi connectivity index (χ4v) is 8.12. The van der Waals surface area contributed by atoms with Crippen LogP contribution in [0.15, 0.2) is 16.3 Å². The van der Waals surface area contributed by atoms with Crippen molar-refractivity contribution in [2.24, 2.45) is 5.92 Å². The number of aromatic nitrogens is 1. The summed E-state index contributed by atoms with van der Waals surface area (Å²) >= 11 is 3.06. The molecule has 0 unspecified atom stereocenters. The summed E-state index contributed by atoms with van der Waals surface area (Å²) in [4.78, 5) is 19.8. The molecule has 2 aromatic rings. The molecule has 2 aliphatic rings. The van der Waals surface area contributed by atoms with Crippen molar-refractivity contribution < 1.29 is 13.2 Å². The number of piperidine rings is 1. The topological polar surface area (TPSA) is 79.4 Å². The second-order valence-electron chi connectivity index (χ2n) is 7.79. The Bertz CT molecular complexity index is 957.